The summed E-state index contributed by atoms with van der Waals surface area (Å²) in [4.78, 5) is 25.0. The van der Waals surface area contributed by atoms with Gasteiger partial charge < -0.3 is 0 Å². The van der Waals surface area contributed by atoms with Crippen molar-refractivity contribution in [3.63, 3.8) is 0 Å². The smallest absolute Gasteiger partial charge is 0.0723 e. The van der Waals surface area contributed by atoms with Crippen LogP contribution in [0.3, 0.4) is 0 Å². The van der Waals surface area contributed by atoms with Gasteiger partial charge in [0.25, 0.3) is 0 Å². The number of benzene rings is 4. The standard InChI is InChI=1S/C40H40N4S2/c1-2-6-38-37(5-1)41-25-29-9-17-33(18-10-29)45-35-21-13-31(14-22-35)27-43-39-7-3-4-8-40(39)44-28-32-15-23-36(24-16-32)46-34-19-11-30(12-20-34)26-42-38/h9-28,37-40H,1-8H2/t37-,38-,39-,40-/m1/s1. The maximum atomic E-state index is 5.03. The molecule has 232 valence electrons. The fraction of sp³-hybridized carbons (Fsp3) is 0.300. The number of hydrogen-bond acceptors (Lipinski definition) is 6. The monoisotopic (exact) mass is 640 g/mol. The Morgan fingerprint density at radius 1 is 0.326 bits per heavy atom. The van der Waals surface area contributed by atoms with Crippen molar-refractivity contribution in [1.82, 2.24) is 0 Å². The lowest BCUT2D eigenvalue weighted by molar-refractivity contribution is 0.390. The number of rotatable bonds is 0. The Morgan fingerprint density at radius 3 is 0.761 bits per heavy atom. The van der Waals surface area contributed by atoms with Crippen LogP contribution in [0, 0.1) is 0 Å². The van der Waals surface area contributed by atoms with Gasteiger partial charge >= 0.3 is 0 Å². The molecule has 0 spiro atoms. The largest absolute Gasteiger partial charge is 0.287 e. The maximum absolute atomic E-state index is 5.03. The van der Waals surface area contributed by atoms with Gasteiger partial charge in [-0.1, -0.05) is 97.7 Å². The third kappa shape index (κ3) is 8.34. The number of nitrogens with zero attached hydrogens (tertiary/aromatic N) is 4. The molecule has 2 fully saturated rings. The summed E-state index contributed by atoms with van der Waals surface area (Å²) >= 11 is 3.57. The van der Waals surface area contributed by atoms with Crippen molar-refractivity contribution < 1.29 is 0 Å². The molecule has 4 nitrogen and oxygen atoms in total. The second kappa shape index (κ2) is 15.2. The van der Waals surface area contributed by atoms with Gasteiger partial charge in [-0.3, -0.25) is 20.0 Å². The molecule has 0 saturated heterocycles. The molecule has 8 bridgehead atoms. The van der Waals surface area contributed by atoms with Crippen LogP contribution in [0.5, 0.6) is 0 Å². The summed E-state index contributed by atoms with van der Waals surface area (Å²) < 4.78 is 0. The molecule has 4 aromatic carbocycles. The van der Waals surface area contributed by atoms with Crippen molar-refractivity contribution in [1.29, 1.82) is 0 Å². The second-order valence-corrected chi connectivity index (χ2v) is 14.7. The zero-order chi connectivity index (χ0) is 31.0. The van der Waals surface area contributed by atoms with E-state index >= 15 is 0 Å². The molecule has 0 unspecified atom stereocenters. The van der Waals surface area contributed by atoms with Crippen LogP contribution >= 0.6 is 23.5 Å². The summed E-state index contributed by atoms with van der Waals surface area (Å²) in [5.74, 6) is 0. The second-order valence-electron chi connectivity index (χ2n) is 12.4. The van der Waals surface area contributed by atoms with E-state index < -0.39 is 0 Å². The van der Waals surface area contributed by atoms with Crippen LogP contribution in [0.1, 0.15) is 73.6 Å². The Bertz CT molecular complexity index is 1430. The summed E-state index contributed by atoms with van der Waals surface area (Å²) in [5, 5.41) is 0. The van der Waals surface area contributed by atoms with Crippen LogP contribution in [-0.4, -0.2) is 49.0 Å². The molecule has 0 radical (unpaired) electrons. The highest BCUT2D eigenvalue weighted by Crippen LogP contribution is 2.30. The zero-order valence-electron chi connectivity index (χ0n) is 26.1. The highest BCUT2D eigenvalue weighted by molar-refractivity contribution is 7.99. The Labute approximate surface area is 281 Å². The zero-order valence-corrected chi connectivity index (χ0v) is 27.8. The quantitative estimate of drug-likeness (QED) is 0.192. The van der Waals surface area contributed by atoms with Crippen LogP contribution in [0.4, 0.5) is 0 Å². The maximum Gasteiger partial charge on any atom is 0.0723 e. The first kappa shape index (κ1) is 30.9. The van der Waals surface area contributed by atoms with Gasteiger partial charge in [0, 0.05) is 44.4 Å². The van der Waals surface area contributed by atoms with E-state index in [9.17, 15) is 0 Å². The van der Waals surface area contributed by atoms with Gasteiger partial charge in [0.1, 0.15) is 0 Å². The van der Waals surface area contributed by atoms with Crippen molar-refractivity contribution in [2.75, 3.05) is 0 Å². The minimum atomic E-state index is 0.230. The van der Waals surface area contributed by atoms with Crippen molar-refractivity contribution in [2.24, 2.45) is 20.0 Å². The van der Waals surface area contributed by atoms with E-state index in [-0.39, 0.29) is 24.2 Å². The lowest BCUT2D eigenvalue weighted by atomic mass is 9.91. The third-order valence-corrected chi connectivity index (χ3v) is 11.1. The molecule has 13 rings (SSSR count). The summed E-state index contributed by atoms with van der Waals surface area (Å²) in [6.07, 6.45) is 17.4. The van der Waals surface area contributed by atoms with Gasteiger partial charge in [0.05, 0.1) is 24.2 Å². The molecular weight excluding hydrogens is 601 g/mol. The summed E-state index contributed by atoms with van der Waals surface area (Å²) in [6.45, 7) is 0. The third-order valence-electron chi connectivity index (χ3n) is 9.04. The molecule has 0 N–H and O–H groups in total. The van der Waals surface area contributed by atoms with Crippen molar-refractivity contribution in [2.45, 2.75) is 95.1 Å². The van der Waals surface area contributed by atoms with Crippen LogP contribution in [0.15, 0.2) is 137 Å². The predicted molar refractivity (Wildman–Crippen MR) is 196 cm³/mol. The van der Waals surface area contributed by atoms with Gasteiger partial charge in [-0.15, -0.1) is 0 Å². The van der Waals surface area contributed by atoms with Gasteiger partial charge in [-0.25, -0.2) is 0 Å². The average Bonchev–Trinajstić information content (AvgIpc) is 3.11. The molecule has 7 heterocycles. The summed E-state index contributed by atoms with van der Waals surface area (Å²) in [5.41, 5.74) is 4.54. The molecule has 0 aromatic heterocycles. The first-order valence-corrected chi connectivity index (χ1v) is 18.3. The molecule has 2 aliphatic carbocycles. The fourth-order valence-electron chi connectivity index (χ4n) is 6.37. The minimum absolute atomic E-state index is 0.230. The first-order chi connectivity index (χ1) is 22.7. The molecule has 9 aliphatic rings. The highest BCUT2D eigenvalue weighted by atomic mass is 32.2. The summed E-state index contributed by atoms with van der Waals surface area (Å²) in [7, 11) is 0. The Balaban J connectivity index is 1.14. The van der Waals surface area contributed by atoms with Crippen LogP contribution in [-0.2, 0) is 0 Å². The molecule has 7 aliphatic heterocycles. The van der Waals surface area contributed by atoms with Gasteiger partial charge in [0.2, 0.25) is 0 Å². The van der Waals surface area contributed by atoms with Crippen LogP contribution in [0.2, 0.25) is 0 Å². The first-order valence-electron chi connectivity index (χ1n) is 16.6. The van der Waals surface area contributed by atoms with Gasteiger partial charge in [-0.2, -0.15) is 0 Å². The highest BCUT2D eigenvalue weighted by Gasteiger charge is 2.24. The van der Waals surface area contributed by atoms with E-state index in [2.05, 4.69) is 97.1 Å². The van der Waals surface area contributed by atoms with E-state index in [1.165, 1.54) is 45.3 Å². The SMILES string of the molecule is C1=N[C@@H]2CCCC[C@H]2N=Cc2ccc(cc2)Sc2ccc(cc2)C=N[C@@H]2CCCC[C@H]2N=Cc2ccc(cc2)Sc2ccc1cc2. The fourth-order valence-corrected chi connectivity index (χ4v) is 8.00. The van der Waals surface area contributed by atoms with Crippen molar-refractivity contribution in [3.05, 3.63) is 119 Å². The average molecular weight is 641 g/mol. The van der Waals surface area contributed by atoms with Crippen LogP contribution < -0.4 is 0 Å². The van der Waals surface area contributed by atoms with Gasteiger partial charge in [-0.05, 0) is 96.5 Å². The lowest BCUT2D eigenvalue weighted by Gasteiger charge is -2.25. The van der Waals surface area contributed by atoms with Gasteiger partial charge in [0.15, 0.2) is 0 Å². The van der Waals surface area contributed by atoms with E-state index in [0.29, 0.717) is 0 Å². The van der Waals surface area contributed by atoms with Crippen molar-refractivity contribution >= 4 is 48.4 Å². The Hall–Kier alpha value is -3.74. The Morgan fingerprint density at radius 2 is 0.543 bits per heavy atom. The predicted octanol–water partition coefficient (Wildman–Crippen LogP) is 10.0. The minimum Gasteiger partial charge on any atom is -0.287 e. The molecule has 4 atom stereocenters. The van der Waals surface area contributed by atoms with E-state index in [4.69, 9.17) is 20.0 Å². The molecule has 2 saturated carbocycles. The van der Waals surface area contributed by atoms with Crippen molar-refractivity contribution in [3.8, 4) is 0 Å². The normalized spacial score (nSPS) is 23.3. The topological polar surface area (TPSA) is 49.4 Å². The Kier molecular flexibility index (Phi) is 10.2. The lowest BCUT2D eigenvalue weighted by Crippen LogP contribution is -2.27. The molecule has 4 aromatic rings. The van der Waals surface area contributed by atoms with E-state index in [1.807, 2.05) is 24.9 Å². The number of aliphatic imine (C=N–C) groups is 4. The molecule has 6 heteroatoms. The molecule has 0 amide bonds. The molecular formula is C40H40N4S2. The van der Waals surface area contributed by atoms with Crippen LogP contribution in [0.25, 0.3) is 0 Å². The summed E-state index contributed by atoms with van der Waals surface area (Å²) in [6, 6.07) is 35.8. The number of hydrogen-bond donors (Lipinski definition) is 0. The van der Waals surface area contributed by atoms with E-state index in [1.54, 1.807) is 23.5 Å². The molecule has 46 heavy (non-hydrogen) atoms. The van der Waals surface area contributed by atoms with E-state index in [0.717, 1.165) is 47.9 Å².